The van der Waals surface area contributed by atoms with Crippen LogP contribution in [0.15, 0.2) is 37.1 Å². The summed E-state index contributed by atoms with van der Waals surface area (Å²) in [5.41, 5.74) is 10.6. The quantitative estimate of drug-likeness (QED) is 0.620. The summed E-state index contributed by atoms with van der Waals surface area (Å²) in [7, 11) is 5.37. The third-order valence-corrected chi connectivity index (χ3v) is 3.98. The Kier molecular flexibility index (Phi) is 3.05. The van der Waals surface area contributed by atoms with E-state index < -0.39 is 0 Å². The van der Waals surface area contributed by atoms with Crippen molar-refractivity contribution in [1.29, 1.82) is 0 Å². The Morgan fingerprint density at radius 1 is 0.958 bits per heavy atom. The van der Waals surface area contributed by atoms with Crippen LogP contribution in [0.2, 0.25) is 0 Å². The maximum atomic E-state index is 6.02. The zero-order valence-corrected chi connectivity index (χ0v) is 13.6. The van der Waals surface area contributed by atoms with E-state index in [4.69, 9.17) is 10.5 Å². The van der Waals surface area contributed by atoms with Crippen molar-refractivity contribution in [2.75, 3.05) is 12.8 Å². The Morgan fingerprint density at radius 3 is 2.42 bits per heavy atom. The molecule has 122 valence electrons. The molecule has 0 amide bonds. The molecule has 0 saturated carbocycles. The molecule has 0 bridgehead atoms. The molecule has 0 aliphatic heterocycles. The highest BCUT2D eigenvalue weighted by molar-refractivity contribution is 5.89. The van der Waals surface area contributed by atoms with E-state index in [1.54, 1.807) is 27.2 Å². The van der Waals surface area contributed by atoms with Crippen LogP contribution in [0.25, 0.3) is 27.8 Å². The van der Waals surface area contributed by atoms with E-state index in [1.807, 2.05) is 44.9 Å². The van der Waals surface area contributed by atoms with Gasteiger partial charge in [0.25, 0.3) is 0 Å². The third kappa shape index (κ3) is 2.11. The van der Waals surface area contributed by atoms with Crippen LogP contribution in [0, 0.1) is 0 Å². The number of ether oxygens (including phenoxy) is 1. The number of aryl methyl sites for hydroxylation is 2. The number of aromatic nitrogens is 6. The van der Waals surface area contributed by atoms with E-state index >= 15 is 0 Å². The molecule has 4 aromatic rings. The number of nitrogen functional groups attached to an aromatic ring is 1. The molecule has 4 rings (SSSR count). The molecule has 4 aromatic heterocycles. The van der Waals surface area contributed by atoms with Gasteiger partial charge in [-0.2, -0.15) is 15.3 Å². The van der Waals surface area contributed by atoms with E-state index in [1.165, 1.54) is 0 Å². The number of nitrogens with two attached hydrogens (primary N) is 1. The number of hydrogen-bond donors (Lipinski definition) is 1. The molecule has 0 radical (unpaired) electrons. The fourth-order valence-electron chi connectivity index (χ4n) is 2.88. The first-order valence-electron chi connectivity index (χ1n) is 7.40. The van der Waals surface area contributed by atoms with Gasteiger partial charge in [0.05, 0.1) is 19.5 Å². The number of fused-ring (bicyclic) bond motifs is 1. The van der Waals surface area contributed by atoms with Gasteiger partial charge in [-0.25, -0.2) is 4.52 Å². The molecule has 24 heavy (non-hydrogen) atoms. The van der Waals surface area contributed by atoms with Gasteiger partial charge in [-0.1, -0.05) is 0 Å². The topological polar surface area (TPSA) is 88.2 Å². The summed E-state index contributed by atoms with van der Waals surface area (Å²) in [6.45, 7) is 0. The van der Waals surface area contributed by atoms with Crippen molar-refractivity contribution < 1.29 is 4.74 Å². The van der Waals surface area contributed by atoms with E-state index in [-0.39, 0.29) is 0 Å². The molecule has 2 N–H and O–H groups in total. The van der Waals surface area contributed by atoms with Gasteiger partial charge in [0.15, 0.2) is 5.82 Å². The zero-order valence-electron chi connectivity index (χ0n) is 13.6. The molecule has 0 spiro atoms. The highest BCUT2D eigenvalue weighted by Crippen LogP contribution is 2.36. The fourth-order valence-corrected chi connectivity index (χ4v) is 2.88. The van der Waals surface area contributed by atoms with Crippen molar-refractivity contribution in [2.45, 2.75) is 0 Å². The first-order chi connectivity index (χ1) is 11.6. The van der Waals surface area contributed by atoms with Crippen LogP contribution in [0.4, 0.5) is 5.82 Å². The molecule has 4 heterocycles. The summed E-state index contributed by atoms with van der Waals surface area (Å²) in [5.74, 6) is 1.18. The Bertz CT molecular complexity index is 1040. The number of hydrogen-bond acceptors (Lipinski definition) is 5. The Morgan fingerprint density at radius 2 is 1.79 bits per heavy atom. The zero-order chi connectivity index (χ0) is 16.8. The van der Waals surface area contributed by atoms with E-state index in [2.05, 4.69) is 15.3 Å². The highest BCUT2D eigenvalue weighted by Gasteiger charge is 2.17. The minimum atomic E-state index is 0.464. The van der Waals surface area contributed by atoms with Crippen molar-refractivity contribution >= 4 is 11.3 Å². The van der Waals surface area contributed by atoms with Crippen LogP contribution in [0.5, 0.6) is 5.75 Å². The van der Waals surface area contributed by atoms with Crippen LogP contribution >= 0.6 is 0 Å². The van der Waals surface area contributed by atoms with Crippen molar-refractivity contribution in [1.82, 2.24) is 29.2 Å². The molecule has 8 heteroatoms. The molecule has 0 fully saturated rings. The molecule has 8 nitrogen and oxygen atoms in total. The SMILES string of the molecule is COc1cc(-c2cnn(C)c2)cn2ncc(-c3cn(C)nc3N)c12. The van der Waals surface area contributed by atoms with Crippen LogP contribution in [-0.4, -0.2) is 36.3 Å². The standard InChI is InChI=1S/C16H17N7O/c1-21-7-11(5-18-21)10-4-14(24-3)15-12(6-19-23(15)8-10)13-9-22(2)20-16(13)17/h4-9H,1-3H3,(H2,17,20). The van der Waals surface area contributed by atoms with Crippen molar-refractivity contribution in [3.63, 3.8) is 0 Å². The number of pyridine rings is 1. The number of nitrogens with zero attached hydrogens (tertiary/aromatic N) is 6. The van der Waals surface area contributed by atoms with Crippen molar-refractivity contribution in [3.05, 3.63) is 37.1 Å². The minimum Gasteiger partial charge on any atom is -0.494 e. The van der Waals surface area contributed by atoms with Crippen molar-refractivity contribution in [3.8, 4) is 28.0 Å². The van der Waals surface area contributed by atoms with Crippen LogP contribution < -0.4 is 10.5 Å². The molecule has 0 aliphatic rings. The van der Waals surface area contributed by atoms with Crippen LogP contribution in [-0.2, 0) is 14.1 Å². The monoisotopic (exact) mass is 323 g/mol. The largest absolute Gasteiger partial charge is 0.494 e. The van der Waals surface area contributed by atoms with E-state index in [9.17, 15) is 0 Å². The second-order valence-corrected chi connectivity index (χ2v) is 5.65. The molecular formula is C16H17N7O. The Labute approximate surface area is 138 Å². The predicted octanol–water partition coefficient (Wildman–Crippen LogP) is 1.73. The molecule has 0 aliphatic carbocycles. The molecule has 0 aromatic carbocycles. The number of methoxy groups -OCH3 is 1. The Balaban J connectivity index is 1.95. The van der Waals surface area contributed by atoms with Gasteiger partial charge in [0.1, 0.15) is 11.3 Å². The number of rotatable bonds is 3. The first kappa shape index (κ1) is 14.3. The minimum absolute atomic E-state index is 0.464. The lowest BCUT2D eigenvalue weighted by Crippen LogP contribution is -1.94. The highest BCUT2D eigenvalue weighted by atomic mass is 16.5. The summed E-state index contributed by atoms with van der Waals surface area (Å²) in [6.07, 6.45) is 9.36. The maximum Gasteiger partial charge on any atom is 0.153 e. The normalized spacial score (nSPS) is 11.3. The van der Waals surface area contributed by atoms with Gasteiger partial charge in [-0.15, -0.1) is 0 Å². The second kappa shape index (κ2) is 5.12. The van der Waals surface area contributed by atoms with Gasteiger partial charge in [-0.05, 0) is 6.07 Å². The van der Waals surface area contributed by atoms with Gasteiger partial charge >= 0.3 is 0 Å². The summed E-state index contributed by atoms with van der Waals surface area (Å²) in [4.78, 5) is 0. The van der Waals surface area contributed by atoms with Gasteiger partial charge < -0.3 is 10.5 Å². The summed E-state index contributed by atoms with van der Waals surface area (Å²) < 4.78 is 10.8. The van der Waals surface area contributed by atoms with Crippen LogP contribution in [0.3, 0.4) is 0 Å². The summed E-state index contributed by atoms with van der Waals surface area (Å²) in [5, 5.41) is 12.9. The molecule has 0 unspecified atom stereocenters. The van der Waals surface area contributed by atoms with Crippen molar-refractivity contribution in [2.24, 2.45) is 14.1 Å². The lowest BCUT2D eigenvalue weighted by atomic mass is 10.1. The predicted molar refractivity (Wildman–Crippen MR) is 90.6 cm³/mol. The molecular weight excluding hydrogens is 306 g/mol. The lowest BCUT2D eigenvalue weighted by molar-refractivity contribution is 0.418. The van der Waals surface area contributed by atoms with Gasteiger partial charge in [0, 0.05) is 54.9 Å². The summed E-state index contributed by atoms with van der Waals surface area (Å²) >= 11 is 0. The van der Waals surface area contributed by atoms with Gasteiger partial charge in [-0.3, -0.25) is 9.36 Å². The maximum absolute atomic E-state index is 6.02. The summed E-state index contributed by atoms with van der Waals surface area (Å²) in [6, 6.07) is 1.98. The smallest absolute Gasteiger partial charge is 0.153 e. The van der Waals surface area contributed by atoms with E-state index in [0.29, 0.717) is 11.6 Å². The average molecular weight is 323 g/mol. The van der Waals surface area contributed by atoms with Gasteiger partial charge in [0.2, 0.25) is 0 Å². The second-order valence-electron chi connectivity index (χ2n) is 5.65. The molecule has 0 atom stereocenters. The first-order valence-corrected chi connectivity index (χ1v) is 7.40. The average Bonchev–Trinajstić information content (AvgIpc) is 3.24. The lowest BCUT2D eigenvalue weighted by Gasteiger charge is -2.08. The third-order valence-electron chi connectivity index (χ3n) is 3.98. The van der Waals surface area contributed by atoms with Crippen LogP contribution in [0.1, 0.15) is 0 Å². The number of anilines is 1. The fraction of sp³-hybridized carbons (Fsp3) is 0.188. The van der Waals surface area contributed by atoms with E-state index in [0.717, 1.165) is 27.8 Å². The Hall–Kier alpha value is -3.29. The molecule has 0 saturated heterocycles.